The number of rotatable bonds is 5. The molecule has 0 atom stereocenters. The molecule has 0 aliphatic rings. The summed E-state index contributed by atoms with van der Waals surface area (Å²) in [7, 11) is 1.62. The minimum atomic E-state index is 0.385. The molecule has 3 aromatic rings. The van der Waals surface area contributed by atoms with Crippen molar-refractivity contribution in [3.63, 3.8) is 0 Å². The molecule has 0 aliphatic carbocycles. The second-order valence-corrected chi connectivity index (χ2v) is 4.84. The molecule has 22 heavy (non-hydrogen) atoms. The van der Waals surface area contributed by atoms with E-state index in [1.165, 1.54) is 0 Å². The molecule has 0 bridgehead atoms. The number of benzene rings is 2. The van der Waals surface area contributed by atoms with E-state index in [1.54, 1.807) is 7.11 Å². The Morgan fingerprint density at radius 3 is 2.64 bits per heavy atom. The third-order valence-corrected chi connectivity index (χ3v) is 3.27. The number of anilines is 1. The maximum atomic E-state index is 5.79. The molecule has 1 aromatic heterocycles. The van der Waals surface area contributed by atoms with Crippen LogP contribution in [0.5, 0.6) is 11.5 Å². The number of nitrogens with two attached hydrogens (primary N) is 1. The minimum absolute atomic E-state index is 0.385. The van der Waals surface area contributed by atoms with Gasteiger partial charge in [-0.2, -0.15) is 5.10 Å². The number of aromatic amines is 1. The standard InChI is InChI=1S/C17H17N3O2/c1-21-16-7-2-3-8-17(16)22-11-14-10-15(20-19-14)12-5-4-6-13(18)9-12/h2-10H,11,18H2,1H3,(H,19,20). The average molecular weight is 295 g/mol. The van der Waals surface area contributed by atoms with Gasteiger partial charge in [-0.1, -0.05) is 24.3 Å². The molecule has 1 heterocycles. The van der Waals surface area contributed by atoms with E-state index in [0.29, 0.717) is 23.8 Å². The molecule has 3 rings (SSSR count). The monoisotopic (exact) mass is 295 g/mol. The third kappa shape index (κ3) is 3.03. The summed E-state index contributed by atoms with van der Waals surface area (Å²) in [6.07, 6.45) is 0. The predicted molar refractivity (Wildman–Crippen MR) is 85.8 cm³/mol. The molecule has 112 valence electrons. The number of hydrogen-bond acceptors (Lipinski definition) is 4. The summed E-state index contributed by atoms with van der Waals surface area (Å²) in [4.78, 5) is 0. The van der Waals surface area contributed by atoms with Crippen LogP contribution in [0.2, 0.25) is 0 Å². The van der Waals surface area contributed by atoms with E-state index in [2.05, 4.69) is 10.2 Å². The Balaban J connectivity index is 1.72. The van der Waals surface area contributed by atoms with E-state index in [9.17, 15) is 0 Å². The van der Waals surface area contributed by atoms with Gasteiger partial charge in [0, 0.05) is 11.3 Å². The number of ether oxygens (including phenoxy) is 2. The Labute approximate surface area is 128 Å². The first-order valence-electron chi connectivity index (χ1n) is 6.92. The normalized spacial score (nSPS) is 10.4. The Kier molecular flexibility index (Phi) is 3.96. The van der Waals surface area contributed by atoms with Crippen molar-refractivity contribution in [2.75, 3.05) is 12.8 Å². The molecule has 0 radical (unpaired) electrons. The van der Waals surface area contributed by atoms with Gasteiger partial charge in [0.15, 0.2) is 11.5 Å². The quantitative estimate of drug-likeness (QED) is 0.709. The first-order chi connectivity index (χ1) is 10.8. The lowest BCUT2D eigenvalue weighted by atomic mass is 10.1. The molecule has 5 nitrogen and oxygen atoms in total. The zero-order valence-electron chi connectivity index (χ0n) is 12.2. The van der Waals surface area contributed by atoms with Gasteiger partial charge in [0.2, 0.25) is 0 Å². The van der Waals surface area contributed by atoms with Crippen LogP contribution in [0.3, 0.4) is 0 Å². The molecule has 0 amide bonds. The Morgan fingerprint density at radius 1 is 1.05 bits per heavy atom. The highest BCUT2D eigenvalue weighted by atomic mass is 16.5. The van der Waals surface area contributed by atoms with Gasteiger partial charge in [-0.3, -0.25) is 5.10 Å². The van der Waals surface area contributed by atoms with Gasteiger partial charge in [0.1, 0.15) is 6.61 Å². The Hall–Kier alpha value is -2.95. The lowest BCUT2D eigenvalue weighted by molar-refractivity contribution is 0.280. The maximum Gasteiger partial charge on any atom is 0.161 e. The van der Waals surface area contributed by atoms with Gasteiger partial charge in [-0.05, 0) is 30.3 Å². The summed E-state index contributed by atoms with van der Waals surface area (Å²) >= 11 is 0. The lowest BCUT2D eigenvalue weighted by Crippen LogP contribution is -1.97. The van der Waals surface area contributed by atoms with Crippen molar-refractivity contribution in [3.05, 3.63) is 60.3 Å². The lowest BCUT2D eigenvalue weighted by Gasteiger charge is -2.08. The van der Waals surface area contributed by atoms with Gasteiger partial charge in [0.05, 0.1) is 18.5 Å². The fraction of sp³-hybridized carbons (Fsp3) is 0.118. The fourth-order valence-electron chi connectivity index (χ4n) is 2.17. The van der Waals surface area contributed by atoms with Crippen LogP contribution in [0.4, 0.5) is 5.69 Å². The molecule has 0 aliphatic heterocycles. The zero-order chi connectivity index (χ0) is 15.4. The van der Waals surface area contributed by atoms with Crippen molar-refractivity contribution < 1.29 is 9.47 Å². The molecular weight excluding hydrogens is 278 g/mol. The Morgan fingerprint density at radius 2 is 1.86 bits per heavy atom. The van der Waals surface area contributed by atoms with Crippen molar-refractivity contribution in [3.8, 4) is 22.8 Å². The van der Waals surface area contributed by atoms with Crippen LogP contribution in [0.1, 0.15) is 5.69 Å². The fourth-order valence-corrected chi connectivity index (χ4v) is 2.17. The topological polar surface area (TPSA) is 73.2 Å². The first kappa shape index (κ1) is 14.0. The third-order valence-electron chi connectivity index (χ3n) is 3.27. The first-order valence-corrected chi connectivity index (χ1v) is 6.92. The molecule has 2 aromatic carbocycles. The van der Waals surface area contributed by atoms with Gasteiger partial charge in [-0.25, -0.2) is 0 Å². The number of aromatic nitrogens is 2. The number of H-pyrrole nitrogens is 1. The summed E-state index contributed by atoms with van der Waals surface area (Å²) < 4.78 is 11.0. The van der Waals surface area contributed by atoms with Crippen LogP contribution in [0.25, 0.3) is 11.3 Å². The summed E-state index contributed by atoms with van der Waals surface area (Å²) in [5, 5.41) is 7.27. The molecule has 0 saturated heterocycles. The van der Waals surface area contributed by atoms with E-state index >= 15 is 0 Å². The minimum Gasteiger partial charge on any atom is -0.493 e. The van der Waals surface area contributed by atoms with Crippen molar-refractivity contribution in [2.45, 2.75) is 6.61 Å². The van der Waals surface area contributed by atoms with Crippen LogP contribution in [-0.2, 0) is 6.61 Å². The summed E-state index contributed by atoms with van der Waals surface area (Å²) in [5.74, 6) is 1.41. The number of nitrogens with one attached hydrogen (secondary N) is 1. The average Bonchev–Trinajstić information content (AvgIpc) is 3.02. The Bertz CT molecular complexity index is 768. The van der Waals surface area contributed by atoms with Gasteiger partial charge in [0.25, 0.3) is 0 Å². The highest BCUT2D eigenvalue weighted by molar-refractivity contribution is 5.64. The van der Waals surface area contributed by atoms with Gasteiger partial charge in [-0.15, -0.1) is 0 Å². The van der Waals surface area contributed by atoms with Crippen LogP contribution in [-0.4, -0.2) is 17.3 Å². The van der Waals surface area contributed by atoms with E-state index in [4.69, 9.17) is 15.2 Å². The molecular formula is C17H17N3O2. The van der Waals surface area contributed by atoms with Crippen LogP contribution in [0, 0.1) is 0 Å². The highest BCUT2D eigenvalue weighted by Gasteiger charge is 2.07. The summed E-state index contributed by atoms with van der Waals surface area (Å²) in [5.41, 5.74) is 9.20. The zero-order valence-corrected chi connectivity index (χ0v) is 12.2. The molecule has 3 N–H and O–H groups in total. The van der Waals surface area contributed by atoms with Crippen molar-refractivity contribution in [1.82, 2.24) is 10.2 Å². The second-order valence-electron chi connectivity index (χ2n) is 4.84. The molecule has 0 fully saturated rings. The second kappa shape index (κ2) is 6.22. The highest BCUT2D eigenvalue weighted by Crippen LogP contribution is 2.27. The van der Waals surface area contributed by atoms with Crippen molar-refractivity contribution in [2.24, 2.45) is 0 Å². The van der Waals surface area contributed by atoms with E-state index < -0.39 is 0 Å². The molecule has 0 spiro atoms. The van der Waals surface area contributed by atoms with Gasteiger partial charge >= 0.3 is 0 Å². The maximum absolute atomic E-state index is 5.79. The SMILES string of the molecule is COc1ccccc1OCc1cc(-c2cccc(N)c2)n[nH]1. The molecule has 5 heteroatoms. The van der Waals surface area contributed by atoms with E-state index in [-0.39, 0.29) is 0 Å². The van der Waals surface area contributed by atoms with Crippen molar-refractivity contribution >= 4 is 5.69 Å². The molecule has 0 unspecified atom stereocenters. The van der Waals surface area contributed by atoms with E-state index in [0.717, 1.165) is 17.0 Å². The van der Waals surface area contributed by atoms with E-state index in [1.807, 2.05) is 54.6 Å². The summed E-state index contributed by atoms with van der Waals surface area (Å²) in [6, 6.07) is 17.1. The largest absolute Gasteiger partial charge is 0.493 e. The van der Waals surface area contributed by atoms with Crippen molar-refractivity contribution in [1.29, 1.82) is 0 Å². The number of methoxy groups -OCH3 is 1. The number of para-hydroxylation sites is 2. The predicted octanol–water partition coefficient (Wildman–Crippen LogP) is 3.25. The van der Waals surface area contributed by atoms with Gasteiger partial charge < -0.3 is 15.2 Å². The number of nitrogen functional groups attached to an aromatic ring is 1. The van der Waals surface area contributed by atoms with Crippen LogP contribution < -0.4 is 15.2 Å². The van der Waals surface area contributed by atoms with Crippen LogP contribution >= 0.6 is 0 Å². The van der Waals surface area contributed by atoms with Crippen LogP contribution in [0.15, 0.2) is 54.6 Å². The number of nitrogens with zero attached hydrogens (tertiary/aromatic N) is 1. The number of hydrogen-bond donors (Lipinski definition) is 2. The summed E-state index contributed by atoms with van der Waals surface area (Å²) in [6.45, 7) is 0.385. The smallest absolute Gasteiger partial charge is 0.161 e. The molecule has 0 saturated carbocycles.